The molecule has 1 atom stereocenters. The molecule has 0 saturated heterocycles. The van der Waals surface area contributed by atoms with Gasteiger partial charge in [0.1, 0.15) is 0 Å². The van der Waals surface area contributed by atoms with Gasteiger partial charge >= 0.3 is 0 Å². The van der Waals surface area contributed by atoms with E-state index in [4.69, 9.17) is 0 Å². The Morgan fingerprint density at radius 2 is 1.89 bits per heavy atom. The lowest BCUT2D eigenvalue weighted by Crippen LogP contribution is -2.45. The number of nitrogens with zero attached hydrogens (tertiary/aromatic N) is 1. The van der Waals surface area contributed by atoms with Gasteiger partial charge in [-0.15, -0.1) is 0 Å². The summed E-state index contributed by atoms with van der Waals surface area (Å²) in [6.07, 6.45) is 6.85. The summed E-state index contributed by atoms with van der Waals surface area (Å²) in [6.45, 7) is 2.23. The third-order valence-electron chi connectivity index (χ3n) is 4.62. The van der Waals surface area contributed by atoms with Crippen molar-refractivity contribution >= 4 is 0 Å². The zero-order valence-electron chi connectivity index (χ0n) is 11.4. The Kier molecular flexibility index (Phi) is 3.67. The molecule has 0 bridgehead atoms. The van der Waals surface area contributed by atoms with Gasteiger partial charge in [-0.05, 0) is 37.4 Å². The van der Waals surface area contributed by atoms with Crippen molar-refractivity contribution in [3.05, 3.63) is 35.4 Å². The summed E-state index contributed by atoms with van der Waals surface area (Å²) in [5, 5.41) is 3.69. The van der Waals surface area contributed by atoms with Gasteiger partial charge in [0.25, 0.3) is 0 Å². The van der Waals surface area contributed by atoms with E-state index in [2.05, 4.69) is 41.5 Å². The fourth-order valence-electron chi connectivity index (χ4n) is 3.49. The number of fused-ring (bicyclic) bond motifs is 1. The molecule has 1 aromatic carbocycles. The summed E-state index contributed by atoms with van der Waals surface area (Å²) < 4.78 is 0. The Bertz CT molecular complexity index is 396. The molecule has 1 heterocycles. The second-order valence-corrected chi connectivity index (χ2v) is 5.93. The van der Waals surface area contributed by atoms with Crippen molar-refractivity contribution in [2.75, 3.05) is 13.6 Å². The minimum atomic E-state index is 0.630. The molecular formula is C16H24N2. The van der Waals surface area contributed by atoms with Gasteiger partial charge in [0, 0.05) is 25.2 Å². The summed E-state index contributed by atoms with van der Waals surface area (Å²) in [7, 11) is 2.30. The van der Waals surface area contributed by atoms with Crippen molar-refractivity contribution < 1.29 is 0 Å². The number of nitrogens with one attached hydrogen (secondary N) is 1. The van der Waals surface area contributed by atoms with Gasteiger partial charge in [-0.3, -0.25) is 0 Å². The first-order valence-corrected chi connectivity index (χ1v) is 7.33. The van der Waals surface area contributed by atoms with Crippen LogP contribution in [0.25, 0.3) is 0 Å². The summed E-state index contributed by atoms with van der Waals surface area (Å²) in [6, 6.07) is 10.3. The molecule has 0 spiro atoms. The summed E-state index contributed by atoms with van der Waals surface area (Å²) in [4.78, 5) is 2.58. The molecule has 3 rings (SSSR count). The third-order valence-corrected chi connectivity index (χ3v) is 4.62. The Morgan fingerprint density at radius 3 is 2.67 bits per heavy atom. The average molecular weight is 244 g/mol. The lowest BCUT2D eigenvalue weighted by Gasteiger charge is -2.32. The Labute approximate surface area is 110 Å². The van der Waals surface area contributed by atoms with Gasteiger partial charge in [-0.25, -0.2) is 0 Å². The number of hydrogen-bond donors (Lipinski definition) is 1. The van der Waals surface area contributed by atoms with Crippen molar-refractivity contribution in [2.45, 2.75) is 50.7 Å². The highest BCUT2D eigenvalue weighted by Crippen LogP contribution is 2.23. The highest BCUT2D eigenvalue weighted by molar-refractivity contribution is 5.29. The SMILES string of the molecule is CN(CC1Cc2ccccc2CN1)C1CCCC1. The predicted octanol–water partition coefficient (Wildman–Crippen LogP) is 2.58. The number of hydrogen-bond acceptors (Lipinski definition) is 2. The maximum Gasteiger partial charge on any atom is 0.0238 e. The Balaban J connectivity index is 1.59. The van der Waals surface area contributed by atoms with Crippen LogP contribution >= 0.6 is 0 Å². The fourth-order valence-corrected chi connectivity index (χ4v) is 3.49. The zero-order valence-corrected chi connectivity index (χ0v) is 11.4. The minimum Gasteiger partial charge on any atom is -0.308 e. The topological polar surface area (TPSA) is 15.3 Å². The Hall–Kier alpha value is -0.860. The van der Waals surface area contributed by atoms with Crippen LogP contribution in [-0.4, -0.2) is 30.6 Å². The van der Waals surface area contributed by atoms with Crippen molar-refractivity contribution in [1.29, 1.82) is 0 Å². The van der Waals surface area contributed by atoms with Crippen molar-refractivity contribution in [3.63, 3.8) is 0 Å². The maximum atomic E-state index is 3.69. The van der Waals surface area contributed by atoms with Crippen LogP contribution in [-0.2, 0) is 13.0 Å². The van der Waals surface area contributed by atoms with Crippen LogP contribution in [0.1, 0.15) is 36.8 Å². The van der Waals surface area contributed by atoms with Gasteiger partial charge in [-0.2, -0.15) is 0 Å². The molecular weight excluding hydrogens is 220 g/mol. The first kappa shape index (κ1) is 12.2. The highest BCUT2D eigenvalue weighted by Gasteiger charge is 2.24. The summed E-state index contributed by atoms with van der Waals surface area (Å²) in [5.74, 6) is 0. The number of likely N-dealkylation sites (N-methyl/N-ethyl adjacent to an activating group) is 1. The third kappa shape index (κ3) is 2.60. The van der Waals surface area contributed by atoms with Crippen molar-refractivity contribution in [3.8, 4) is 0 Å². The van der Waals surface area contributed by atoms with E-state index in [1.165, 1.54) is 44.2 Å². The van der Waals surface area contributed by atoms with E-state index >= 15 is 0 Å². The van der Waals surface area contributed by atoms with Crippen LogP contribution < -0.4 is 5.32 Å². The van der Waals surface area contributed by atoms with Gasteiger partial charge < -0.3 is 10.2 Å². The number of rotatable bonds is 3. The monoisotopic (exact) mass is 244 g/mol. The lowest BCUT2D eigenvalue weighted by molar-refractivity contribution is 0.214. The normalized spacial score (nSPS) is 24.4. The molecule has 1 N–H and O–H groups in total. The minimum absolute atomic E-state index is 0.630. The standard InChI is InChI=1S/C16H24N2/c1-18(16-8-4-5-9-16)12-15-10-13-6-2-3-7-14(13)11-17-15/h2-3,6-7,15-17H,4-5,8-12H2,1H3. The van der Waals surface area contributed by atoms with Gasteiger partial charge in [0.2, 0.25) is 0 Å². The van der Waals surface area contributed by atoms with Crippen LogP contribution in [0.4, 0.5) is 0 Å². The highest BCUT2D eigenvalue weighted by atomic mass is 15.2. The molecule has 2 heteroatoms. The first-order valence-electron chi connectivity index (χ1n) is 7.33. The second kappa shape index (κ2) is 5.41. The average Bonchev–Trinajstić information content (AvgIpc) is 2.92. The van der Waals surface area contributed by atoms with E-state index in [-0.39, 0.29) is 0 Å². The van der Waals surface area contributed by atoms with Gasteiger partial charge in [0.15, 0.2) is 0 Å². The number of benzene rings is 1. The van der Waals surface area contributed by atoms with Crippen molar-refractivity contribution in [2.24, 2.45) is 0 Å². The fraction of sp³-hybridized carbons (Fsp3) is 0.625. The van der Waals surface area contributed by atoms with Crippen molar-refractivity contribution in [1.82, 2.24) is 10.2 Å². The van der Waals surface area contributed by atoms with Crippen LogP contribution in [0.5, 0.6) is 0 Å². The Morgan fingerprint density at radius 1 is 1.17 bits per heavy atom. The molecule has 1 unspecified atom stereocenters. The molecule has 2 aliphatic rings. The second-order valence-electron chi connectivity index (χ2n) is 5.93. The molecule has 98 valence electrons. The molecule has 18 heavy (non-hydrogen) atoms. The molecule has 1 aromatic rings. The predicted molar refractivity (Wildman–Crippen MR) is 75.7 cm³/mol. The molecule has 0 radical (unpaired) electrons. The first-order chi connectivity index (χ1) is 8.83. The summed E-state index contributed by atoms with van der Waals surface area (Å²) >= 11 is 0. The largest absolute Gasteiger partial charge is 0.308 e. The molecule has 1 aliphatic carbocycles. The molecule has 0 amide bonds. The van der Waals surface area contributed by atoms with E-state index in [1.54, 1.807) is 5.56 Å². The van der Waals surface area contributed by atoms with Crippen LogP contribution in [0, 0.1) is 0 Å². The molecule has 0 aromatic heterocycles. The summed E-state index contributed by atoms with van der Waals surface area (Å²) in [5.41, 5.74) is 3.03. The molecule has 2 nitrogen and oxygen atoms in total. The lowest BCUT2D eigenvalue weighted by atomic mass is 9.95. The zero-order chi connectivity index (χ0) is 12.4. The van der Waals surface area contributed by atoms with Gasteiger partial charge in [-0.1, -0.05) is 37.1 Å². The molecule has 1 fully saturated rings. The van der Waals surface area contributed by atoms with E-state index in [0.717, 1.165) is 12.6 Å². The van der Waals surface area contributed by atoms with E-state index in [9.17, 15) is 0 Å². The van der Waals surface area contributed by atoms with E-state index < -0.39 is 0 Å². The van der Waals surface area contributed by atoms with Crippen LogP contribution in [0.3, 0.4) is 0 Å². The van der Waals surface area contributed by atoms with Crippen LogP contribution in [0.15, 0.2) is 24.3 Å². The maximum absolute atomic E-state index is 3.69. The smallest absolute Gasteiger partial charge is 0.0238 e. The quantitative estimate of drug-likeness (QED) is 0.879. The van der Waals surface area contributed by atoms with E-state index in [1.807, 2.05) is 0 Å². The van der Waals surface area contributed by atoms with E-state index in [0.29, 0.717) is 6.04 Å². The molecule has 1 aliphatic heterocycles. The molecule has 1 saturated carbocycles. The van der Waals surface area contributed by atoms with Gasteiger partial charge in [0.05, 0.1) is 0 Å². The van der Waals surface area contributed by atoms with Crippen LogP contribution in [0.2, 0.25) is 0 Å².